The molecule has 0 aromatic heterocycles. The zero-order valence-corrected chi connectivity index (χ0v) is 8.47. The van der Waals surface area contributed by atoms with Crippen LogP contribution < -0.4 is 5.32 Å². The minimum atomic E-state index is 0.533. The van der Waals surface area contributed by atoms with Crippen molar-refractivity contribution in [2.45, 2.75) is 44.8 Å². The molecule has 1 N–H and O–H groups in total. The fraction of sp³-hybridized carbons (Fsp3) is 1.00. The third-order valence-electron chi connectivity index (χ3n) is 3.21. The van der Waals surface area contributed by atoms with Gasteiger partial charge >= 0.3 is 0 Å². The summed E-state index contributed by atoms with van der Waals surface area (Å²) in [7, 11) is 3.87. The van der Waals surface area contributed by atoms with E-state index < -0.39 is 0 Å². The highest BCUT2D eigenvalue weighted by Crippen LogP contribution is 2.27. The minimum Gasteiger partial charge on any atom is -0.381 e. The lowest BCUT2D eigenvalue weighted by Crippen LogP contribution is -2.34. The molecular weight excluding hydrogens is 150 g/mol. The highest BCUT2D eigenvalue weighted by molar-refractivity contribution is 4.78. The van der Waals surface area contributed by atoms with E-state index in [1.807, 2.05) is 14.2 Å². The molecule has 0 radical (unpaired) electrons. The number of rotatable bonds is 3. The van der Waals surface area contributed by atoms with Crippen molar-refractivity contribution in [2.75, 3.05) is 14.2 Å². The summed E-state index contributed by atoms with van der Waals surface area (Å²) >= 11 is 0. The summed E-state index contributed by atoms with van der Waals surface area (Å²) in [6, 6.07) is 0.669. The molecule has 2 nitrogen and oxygen atoms in total. The van der Waals surface area contributed by atoms with Crippen LogP contribution in [0.15, 0.2) is 0 Å². The van der Waals surface area contributed by atoms with Gasteiger partial charge in [-0.05, 0) is 45.6 Å². The van der Waals surface area contributed by atoms with Crippen molar-refractivity contribution in [1.29, 1.82) is 0 Å². The molecule has 0 amide bonds. The molecule has 0 aliphatic heterocycles. The molecular formula is C10H21NO. The Hall–Kier alpha value is -0.0800. The lowest BCUT2D eigenvalue weighted by atomic mass is 9.83. The van der Waals surface area contributed by atoms with Gasteiger partial charge in [0.25, 0.3) is 0 Å². The van der Waals surface area contributed by atoms with Crippen LogP contribution in [0.1, 0.15) is 32.6 Å². The summed E-state index contributed by atoms with van der Waals surface area (Å²) in [6.45, 7) is 2.28. The first kappa shape index (κ1) is 10.0. The van der Waals surface area contributed by atoms with Crippen LogP contribution in [0.25, 0.3) is 0 Å². The van der Waals surface area contributed by atoms with Gasteiger partial charge in [0.15, 0.2) is 0 Å². The standard InChI is InChI=1S/C10H21NO/c1-8(11-2)9-4-6-10(12-3)7-5-9/h8-11H,4-7H2,1-3H3. The number of hydrogen-bond acceptors (Lipinski definition) is 2. The summed E-state index contributed by atoms with van der Waals surface area (Å²) in [4.78, 5) is 0. The van der Waals surface area contributed by atoms with Crippen LogP contribution in [0.2, 0.25) is 0 Å². The van der Waals surface area contributed by atoms with E-state index in [2.05, 4.69) is 12.2 Å². The molecule has 12 heavy (non-hydrogen) atoms. The van der Waals surface area contributed by atoms with E-state index in [4.69, 9.17) is 4.74 Å². The number of ether oxygens (including phenoxy) is 1. The van der Waals surface area contributed by atoms with E-state index in [9.17, 15) is 0 Å². The minimum absolute atomic E-state index is 0.533. The van der Waals surface area contributed by atoms with Crippen LogP contribution in [0.3, 0.4) is 0 Å². The van der Waals surface area contributed by atoms with Crippen LogP contribution in [-0.4, -0.2) is 26.3 Å². The lowest BCUT2D eigenvalue weighted by molar-refractivity contribution is 0.0520. The first-order chi connectivity index (χ1) is 5.77. The SMILES string of the molecule is CNC(C)C1CCC(OC)CC1. The quantitative estimate of drug-likeness (QED) is 0.699. The molecule has 72 valence electrons. The van der Waals surface area contributed by atoms with Gasteiger partial charge in [-0.1, -0.05) is 0 Å². The Morgan fingerprint density at radius 2 is 1.83 bits per heavy atom. The molecule has 0 saturated heterocycles. The largest absolute Gasteiger partial charge is 0.381 e. The van der Waals surface area contributed by atoms with E-state index in [1.165, 1.54) is 25.7 Å². The maximum atomic E-state index is 5.33. The normalized spacial score (nSPS) is 33.2. The average molecular weight is 171 g/mol. The van der Waals surface area contributed by atoms with Crippen LogP contribution >= 0.6 is 0 Å². The summed E-state index contributed by atoms with van der Waals surface area (Å²) in [6.07, 6.45) is 5.66. The Morgan fingerprint density at radius 3 is 2.25 bits per heavy atom. The molecule has 0 spiro atoms. The van der Waals surface area contributed by atoms with Gasteiger partial charge in [0.1, 0.15) is 0 Å². The predicted molar refractivity (Wildman–Crippen MR) is 51.3 cm³/mol. The van der Waals surface area contributed by atoms with Crippen molar-refractivity contribution in [3.8, 4) is 0 Å². The summed E-state index contributed by atoms with van der Waals surface area (Å²) in [5.74, 6) is 0.862. The van der Waals surface area contributed by atoms with Gasteiger partial charge in [0.05, 0.1) is 6.10 Å². The molecule has 1 atom stereocenters. The summed E-state index contributed by atoms with van der Waals surface area (Å²) < 4.78 is 5.33. The van der Waals surface area contributed by atoms with Gasteiger partial charge in [-0.3, -0.25) is 0 Å². The van der Waals surface area contributed by atoms with Crippen molar-refractivity contribution in [3.63, 3.8) is 0 Å². The summed E-state index contributed by atoms with van der Waals surface area (Å²) in [5, 5.41) is 3.33. The van der Waals surface area contributed by atoms with Gasteiger partial charge in [-0.25, -0.2) is 0 Å². The molecule has 0 bridgehead atoms. The zero-order valence-electron chi connectivity index (χ0n) is 8.47. The Labute approximate surface area is 75.7 Å². The molecule has 1 aliphatic carbocycles. The second-order valence-electron chi connectivity index (χ2n) is 3.85. The van der Waals surface area contributed by atoms with Crippen LogP contribution in [0, 0.1) is 5.92 Å². The zero-order chi connectivity index (χ0) is 8.97. The average Bonchev–Trinajstić information content (AvgIpc) is 2.17. The van der Waals surface area contributed by atoms with Crippen molar-refractivity contribution in [3.05, 3.63) is 0 Å². The van der Waals surface area contributed by atoms with Crippen molar-refractivity contribution < 1.29 is 4.74 Å². The van der Waals surface area contributed by atoms with Crippen LogP contribution in [0.4, 0.5) is 0 Å². The van der Waals surface area contributed by atoms with Crippen molar-refractivity contribution in [2.24, 2.45) is 5.92 Å². The Balaban J connectivity index is 2.25. The van der Waals surface area contributed by atoms with Crippen molar-refractivity contribution >= 4 is 0 Å². The van der Waals surface area contributed by atoms with Crippen LogP contribution in [-0.2, 0) is 4.74 Å². The fourth-order valence-electron chi connectivity index (χ4n) is 2.06. The maximum Gasteiger partial charge on any atom is 0.0571 e. The van der Waals surface area contributed by atoms with Gasteiger partial charge in [-0.2, -0.15) is 0 Å². The molecule has 1 unspecified atom stereocenters. The Bertz CT molecular complexity index is 119. The second-order valence-corrected chi connectivity index (χ2v) is 3.85. The number of hydrogen-bond donors (Lipinski definition) is 1. The smallest absolute Gasteiger partial charge is 0.0571 e. The lowest BCUT2D eigenvalue weighted by Gasteiger charge is -2.31. The second kappa shape index (κ2) is 4.83. The fourth-order valence-corrected chi connectivity index (χ4v) is 2.06. The third-order valence-corrected chi connectivity index (χ3v) is 3.21. The molecule has 1 aliphatic rings. The number of nitrogens with one attached hydrogen (secondary N) is 1. The molecule has 1 saturated carbocycles. The third kappa shape index (κ3) is 2.46. The van der Waals surface area contributed by atoms with E-state index >= 15 is 0 Å². The molecule has 0 aromatic rings. The van der Waals surface area contributed by atoms with E-state index in [0.29, 0.717) is 12.1 Å². The first-order valence-electron chi connectivity index (χ1n) is 4.98. The molecule has 0 aromatic carbocycles. The predicted octanol–water partition coefficient (Wildman–Crippen LogP) is 1.80. The van der Waals surface area contributed by atoms with Gasteiger partial charge in [0.2, 0.25) is 0 Å². The Kier molecular flexibility index (Phi) is 4.02. The van der Waals surface area contributed by atoms with Gasteiger partial charge < -0.3 is 10.1 Å². The maximum absolute atomic E-state index is 5.33. The molecule has 1 fully saturated rings. The van der Waals surface area contributed by atoms with Gasteiger partial charge in [0, 0.05) is 13.2 Å². The van der Waals surface area contributed by atoms with E-state index in [-0.39, 0.29) is 0 Å². The van der Waals surface area contributed by atoms with E-state index in [1.54, 1.807) is 0 Å². The van der Waals surface area contributed by atoms with Gasteiger partial charge in [-0.15, -0.1) is 0 Å². The highest BCUT2D eigenvalue weighted by Gasteiger charge is 2.23. The van der Waals surface area contributed by atoms with Crippen LogP contribution in [0.5, 0.6) is 0 Å². The molecule has 0 heterocycles. The number of methoxy groups -OCH3 is 1. The highest BCUT2D eigenvalue weighted by atomic mass is 16.5. The monoisotopic (exact) mass is 171 g/mol. The first-order valence-corrected chi connectivity index (χ1v) is 4.98. The van der Waals surface area contributed by atoms with E-state index in [0.717, 1.165) is 5.92 Å². The van der Waals surface area contributed by atoms with Crippen molar-refractivity contribution in [1.82, 2.24) is 5.32 Å². The molecule has 1 rings (SSSR count). The molecule has 2 heteroatoms. The topological polar surface area (TPSA) is 21.3 Å². The Morgan fingerprint density at radius 1 is 1.25 bits per heavy atom. The summed E-state index contributed by atoms with van der Waals surface area (Å²) in [5.41, 5.74) is 0.